The van der Waals surface area contributed by atoms with Crippen LogP contribution < -0.4 is 20.7 Å². The summed E-state index contributed by atoms with van der Waals surface area (Å²) in [6.45, 7) is 8.03. The van der Waals surface area contributed by atoms with Crippen LogP contribution in [0.4, 0.5) is 0 Å². The van der Waals surface area contributed by atoms with E-state index in [0.29, 0.717) is 25.3 Å². The van der Waals surface area contributed by atoms with Crippen molar-refractivity contribution in [1.29, 1.82) is 0 Å². The Balaban J connectivity index is 1.54. The molecule has 3 N–H and O–H groups in total. The molecule has 0 bridgehead atoms. The fourth-order valence-corrected chi connectivity index (χ4v) is 5.69. The number of hydrogen-bond acceptors (Lipinski definition) is 6. The third-order valence-corrected chi connectivity index (χ3v) is 7.75. The van der Waals surface area contributed by atoms with Gasteiger partial charge in [0, 0.05) is 19.6 Å². The molecule has 0 saturated carbocycles. The first-order chi connectivity index (χ1) is 18.8. The van der Waals surface area contributed by atoms with E-state index in [2.05, 4.69) is 20.9 Å². The van der Waals surface area contributed by atoms with Crippen molar-refractivity contribution in [3.8, 4) is 5.75 Å². The Morgan fingerprint density at radius 1 is 1.05 bits per heavy atom. The van der Waals surface area contributed by atoms with Gasteiger partial charge in [0.15, 0.2) is 0 Å². The van der Waals surface area contributed by atoms with E-state index in [4.69, 9.17) is 4.74 Å². The number of likely N-dealkylation sites (tertiary alicyclic amines) is 1. The summed E-state index contributed by atoms with van der Waals surface area (Å²) in [7, 11) is 0. The summed E-state index contributed by atoms with van der Waals surface area (Å²) in [5.74, 6) is -0.908. The van der Waals surface area contributed by atoms with Crippen LogP contribution in [0.3, 0.4) is 0 Å². The Morgan fingerprint density at radius 2 is 1.82 bits per heavy atom. The average molecular weight is 542 g/mol. The number of benzene rings is 1. The highest BCUT2D eigenvalue weighted by Gasteiger charge is 2.36. The van der Waals surface area contributed by atoms with Gasteiger partial charge in [0.1, 0.15) is 24.4 Å². The molecule has 10 heteroatoms. The minimum absolute atomic E-state index is 0.125. The molecule has 3 heterocycles. The normalized spacial score (nSPS) is 25.2. The van der Waals surface area contributed by atoms with Crippen molar-refractivity contribution < 1.29 is 23.9 Å². The molecule has 3 aliphatic rings. The van der Waals surface area contributed by atoms with Crippen molar-refractivity contribution in [2.75, 3.05) is 39.3 Å². The lowest BCUT2D eigenvalue weighted by atomic mass is 10.0. The molecule has 3 aliphatic heterocycles. The number of fused-ring (bicyclic) bond motifs is 2. The number of nitrogens with one attached hydrogen (secondary N) is 3. The molecule has 4 amide bonds. The molecule has 214 valence electrons. The van der Waals surface area contributed by atoms with Gasteiger partial charge >= 0.3 is 0 Å². The molecule has 2 saturated heterocycles. The monoisotopic (exact) mass is 541 g/mol. The molecule has 39 heavy (non-hydrogen) atoms. The second-order valence-electron chi connectivity index (χ2n) is 11.3. The molecule has 0 unspecified atom stereocenters. The Morgan fingerprint density at radius 3 is 2.59 bits per heavy atom. The third-order valence-electron chi connectivity index (χ3n) is 7.75. The molecule has 1 aromatic carbocycles. The van der Waals surface area contributed by atoms with Crippen molar-refractivity contribution in [1.82, 2.24) is 25.8 Å². The van der Waals surface area contributed by atoms with Crippen LogP contribution in [0.1, 0.15) is 69.2 Å². The van der Waals surface area contributed by atoms with Gasteiger partial charge in [-0.2, -0.15) is 0 Å². The summed E-state index contributed by atoms with van der Waals surface area (Å²) < 4.78 is 6.08. The van der Waals surface area contributed by atoms with Crippen molar-refractivity contribution in [2.24, 2.45) is 5.92 Å². The van der Waals surface area contributed by atoms with Gasteiger partial charge in [-0.25, -0.2) is 0 Å². The zero-order chi connectivity index (χ0) is 27.8. The fourth-order valence-electron chi connectivity index (χ4n) is 5.69. The maximum absolute atomic E-state index is 13.6. The van der Waals surface area contributed by atoms with Gasteiger partial charge in [-0.3, -0.25) is 19.2 Å². The number of hydrogen-bond donors (Lipinski definition) is 3. The van der Waals surface area contributed by atoms with Gasteiger partial charge in [-0.05, 0) is 63.2 Å². The fraction of sp³-hybridized carbons (Fsp3) is 0.655. The van der Waals surface area contributed by atoms with Crippen molar-refractivity contribution in [3.63, 3.8) is 0 Å². The van der Waals surface area contributed by atoms with Gasteiger partial charge < -0.3 is 30.5 Å². The molecule has 0 aliphatic carbocycles. The molecular weight excluding hydrogens is 498 g/mol. The van der Waals surface area contributed by atoms with Crippen LogP contribution in [0.15, 0.2) is 24.3 Å². The highest BCUT2D eigenvalue weighted by atomic mass is 16.5. The number of piperidine rings is 1. The van der Waals surface area contributed by atoms with Crippen molar-refractivity contribution >= 4 is 23.6 Å². The quantitative estimate of drug-likeness (QED) is 0.504. The Hall–Kier alpha value is -3.14. The topological polar surface area (TPSA) is 120 Å². The van der Waals surface area contributed by atoms with E-state index in [-0.39, 0.29) is 36.5 Å². The maximum Gasteiger partial charge on any atom is 0.255 e. The minimum Gasteiger partial charge on any atom is -0.491 e. The largest absolute Gasteiger partial charge is 0.491 e. The van der Waals surface area contributed by atoms with E-state index >= 15 is 0 Å². The first-order valence-corrected chi connectivity index (χ1v) is 14.4. The van der Waals surface area contributed by atoms with Crippen LogP contribution in [0.25, 0.3) is 0 Å². The van der Waals surface area contributed by atoms with Gasteiger partial charge in [0.05, 0.1) is 18.0 Å². The predicted octanol–water partition coefficient (Wildman–Crippen LogP) is 1.69. The van der Waals surface area contributed by atoms with Gasteiger partial charge in [0.25, 0.3) is 5.91 Å². The zero-order valence-electron chi connectivity index (χ0n) is 23.2. The van der Waals surface area contributed by atoms with Crippen molar-refractivity contribution in [3.05, 3.63) is 29.8 Å². The molecular formula is C29H43N5O5. The Labute approximate surface area is 231 Å². The summed E-state index contributed by atoms with van der Waals surface area (Å²) in [4.78, 5) is 57.5. The first kappa shape index (κ1) is 28.9. The van der Waals surface area contributed by atoms with Crippen LogP contribution in [-0.2, 0) is 14.4 Å². The highest BCUT2D eigenvalue weighted by molar-refractivity contribution is 6.01. The van der Waals surface area contributed by atoms with Gasteiger partial charge in [-0.15, -0.1) is 0 Å². The van der Waals surface area contributed by atoms with Crippen LogP contribution in [0.5, 0.6) is 5.75 Å². The van der Waals surface area contributed by atoms with E-state index in [1.807, 2.05) is 13.8 Å². The third kappa shape index (κ3) is 7.94. The highest BCUT2D eigenvalue weighted by Crippen LogP contribution is 2.24. The van der Waals surface area contributed by atoms with Crippen LogP contribution in [-0.4, -0.2) is 90.9 Å². The van der Waals surface area contributed by atoms with E-state index in [1.54, 1.807) is 29.2 Å². The molecule has 10 nitrogen and oxygen atoms in total. The molecule has 0 spiro atoms. The number of para-hydroxylation sites is 1. The SMILES string of the molecule is CC(C)C[C@@H]1NC(=O)C[C@@H](C(=O)NCCN2CCCCC2)NC(=O)c2ccccc2OC[C@H]2CCCN2C1=O. The zero-order valence-corrected chi connectivity index (χ0v) is 23.2. The van der Waals surface area contributed by atoms with Gasteiger partial charge in [-0.1, -0.05) is 32.4 Å². The number of rotatable bonds is 6. The predicted molar refractivity (Wildman–Crippen MR) is 147 cm³/mol. The van der Waals surface area contributed by atoms with E-state index < -0.39 is 29.8 Å². The second kappa shape index (κ2) is 13.8. The minimum atomic E-state index is -1.09. The lowest BCUT2D eigenvalue weighted by Crippen LogP contribution is -2.54. The van der Waals surface area contributed by atoms with Crippen LogP contribution in [0.2, 0.25) is 0 Å². The molecule has 2 fully saturated rings. The average Bonchev–Trinajstić information content (AvgIpc) is 3.39. The van der Waals surface area contributed by atoms with Crippen LogP contribution >= 0.6 is 0 Å². The van der Waals surface area contributed by atoms with Gasteiger partial charge in [0.2, 0.25) is 17.7 Å². The number of ether oxygens (including phenoxy) is 1. The number of carbonyl (C=O) groups is 4. The smallest absolute Gasteiger partial charge is 0.255 e. The summed E-state index contributed by atoms with van der Waals surface area (Å²) in [6, 6.07) is 4.93. The first-order valence-electron chi connectivity index (χ1n) is 14.4. The van der Waals surface area contributed by atoms with E-state index in [1.165, 1.54) is 6.42 Å². The second-order valence-corrected chi connectivity index (χ2v) is 11.3. The number of nitrogens with zero attached hydrogens (tertiary/aromatic N) is 2. The van der Waals surface area contributed by atoms with E-state index in [0.717, 1.165) is 45.3 Å². The van der Waals surface area contributed by atoms with E-state index in [9.17, 15) is 19.2 Å². The lowest BCUT2D eigenvalue weighted by molar-refractivity contribution is -0.138. The molecule has 0 radical (unpaired) electrons. The summed E-state index contributed by atoms with van der Waals surface area (Å²) >= 11 is 0. The summed E-state index contributed by atoms with van der Waals surface area (Å²) in [5.41, 5.74) is 0.287. The maximum atomic E-state index is 13.6. The molecule has 0 aromatic heterocycles. The lowest BCUT2D eigenvalue weighted by Gasteiger charge is -2.31. The Bertz CT molecular complexity index is 1030. The van der Waals surface area contributed by atoms with Crippen molar-refractivity contribution in [2.45, 2.75) is 76.9 Å². The Kier molecular flexibility index (Phi) is 10.2. The number of carbonyl (C=O) groups excluding carboxylic acids is 4. The summed E-state index contributed by atoms with van der Waals surface area (Å²) in [6.07, 6.45) is 5.40. The van der Waals surface area contributed by atoms with Crippen LogP contribution in [0, 0.1) is 5.92 Å². The molecule has 4 rings (SSSR count). The molecule has 1 aromatic rings. The summed E-state index contributed by atoms with van der Waals surface area (Å²) in [5, 5.41) is 8.54. The standard InChI is InChI=1S/C29H43N5O5/c1-20(2)17-24-29(38)34-15-8-9-21(34)19-39-25-11-5-4-10-22(25)27(36)32-23(18-26(35)31-24)28(37)30-12-16-33-13-6-3-7-14-33/h4-5,10-11,20-21,23-24H,3,6-9,12-19H2,1-2H3,(H,30,37)(H,31,35)(H,32,36)/t21-,23+,24+/m1/s1. The number of amides is 4. The molecule has 3 atom stereocenters.